The number of halogens is 2. The molecule has 0 aliphatic rings. The van der Waals surface area contributed by atoms with Crippen LogP contribution in [0.1, 0.15) is 6.92 Å². The van der Waals surface area contributed by atoms with Crippen LogP contribution in [0.5, 0.6) is 5.75 Å². The van der Waals surface area contributed by atoms with Crippen molar-refractivity contribution in [1.82, 2.24) is 9.97 Å². The molecule has 0 saturated heterocycles. The Labute approximate surface area is 146 Å². The fourth-order valence-corrected chi connectivity index (χ4v) is 2.89. The molecule has 25 heavy (non-hydrogen) atoms. The molecule has 0 aliphatic carbocycles. The first-order chi connectivity index (χ1) is 12.0. The average molecular weight is 363 g/mol. The van der Waals surface area contributed by atoms with E-state index in [-0.39, 0.29) is 11.4 Å². The zero-order valence-corrected chi connectivity index (χ0v) is 14.1. The van der Waals surface area contributed by atoms with Crippen LogP contribution >= 0.6 is 11.8 Å². The molecule has 130 valence electrons. The Morgan fingerprint density at radius 1 is 1.28 bits per heavy atom. The number of carbonyl (C=O) groups is 1. The van der Waals surface area contributed by atoms with Gasteiger partial charge in [0.25, 0.3) is 0 Å². The second-order valence-electron chi connectivity index (χ2n) is 5.11. The van der Waals surface area contributed by atoms with Crippen LogP contribution < -0.4 is 10.1 Å². The number of rotatable bonds is 6. The van der Waals surface area contributed by atoms with Gasteiger partial charge in [0.2, 0.25) is 5.91 Å². The smallest absolute Gasteiger partial charge is 0.234 e. The van der Waals surface area contributed by atoms with Gasteiger partial charge in [-0.2, -0.15) is 0 Å². The lowest BCUT2D eigenvalue weighted by molar-refractivity contribution is -0.113. The van der Waals surface area contributed by atoms with Gasteiger partial charge < -0.3 is 15.0 Å². The SMILES string of the molecule is CCOc1ccc2nc(SCC(=O)Nc3cc(F)ccc3F)[nH]c2c1. The van der Waals surface area contributed by atoms with Crippen LogP contribution in [0.25, 0.3) is 11.0 Å². The monoisotopic (exact) mass is 363 g/mol. The highest BCUT2D eigenvalue weighted by atomic mass is 32.2. The Morgan fingerprint density at radius 3 is 2.92 bits per heavy atom. The molecule has 8 heteroatoms. The number of aromatic amines is 1. The highest BCUT2D eigenvalue weighted by Crippen LogP contribution is 2.23. The summed E-state index contributed by atoms with van der Waals surface area (Å²) in [5, 5.41) is 2.90. The van der Waals surface area contributed by atoms with Crippen LogP contribution in [0.4, 0.5) is 14.5 Å². The number of hydrogen-bond donors (Lipinski definition) is 2. The molecule has 0 bridgehead atoms. The summed E-state index contributed by atoms with van der Waals surface area (Å²) in [6, 6.07) is 8.37. The van der Waals surface area contributed by atoms with Crippen molar-refractivity contribution in [3.8, 4) is 5.75 Å². The van der Waals surface area contributed by atoms with Crippen molar-refractivity contribution in [2.24, 2.45) is 0 Å². The highest BCUT2D eigenvalue weighted by molar-refractivity contribution is 7.99. The van der Waals surface area contributed by atoms with Gasteiger partial charge in [0.05, 0.1) is 29.1 Å². The third kappa shape index (κ3) is 4.27. The summed E-state index contributed by atoms with van der Waals surface area (Å²) < 4.78 is 32.0. The Bertz CT molecular complexity index is 914. The fraction of sp³-hybridized carbons (Fsp3) is 0.176. The normalized spacial score (nSPS) is 10.8. The van der Waals surface area contributed by atoms with E-state index in [4.69, 9.17) is 4.74 Å². The molecular weight excluding hydrogens is 348 g/mol. The van der Waals surface area contributed by atoms with E-state index in [1.54, 1.807) is 0 Å². The topological polar surface area (TPSA) is 67.0 Å². The minimum atomic E-state index is -0.688. The number of carbonyl (C=O) groups excluding carboxylic acids is 1. The van der Waals surface area contributed by atoms with Gasteiger partial charge in [-0.1, -0.05) is 11.8 Å². The summed E-state index contributed by atoms with van der Waals surface area (Å²) in [6.45, 7) is 2.47. The molecule has 3 aromatic rings. The van der Waals surface area contributed by atoms with E-state index < -0.39 is 17.5 Å². The van der Waals surface area contributed by atoms with E-state index in [0.717, 1.165) is 35.0 Å². The van der Waals surface area contributed by atoms with Crippen LogP contribution in [0, 0.1) is 11.6 Å². The number of nitrogens with one attached hydrogen (secondary N) is 2. The lowest BCUT2D eigenvalue weighted by Gasteiger charge is -2.05. The maximum Gasteiger partial charge on any atom is 0.234 e. The first-order valence-electron chi connectivity index (χ1n) is 7.55. The zero-order valence-electron chi connectivity index (χ0n) is 13.3. The van der Waals surface area contributed by atoms with Gasteiger partial charge in [-0.15, -0.1) is 0 Å². The van der Waals surface area contributed by atoms with Crippen molar-refractivity contribution in [2.75, 3.05) is 17.7 Å². The number of benzene rings is 2. The summed E-state index contributed by atoms with van der Waals surface area (Å²) in [7, 11) is 0. The second-order valence-corrected chi connectivity index (χ2v) is 6.08. The molecule has 5 nitrogen and oxygen atoms in total. The third-order valence-corrected chi connectivity index (χ3v) is 4.16. The zero-order chi connectivity index (χ0) is 17.8. The molecule has 1 heterocycles. The van der Waals surface area contributed by atoms with Gasteiger partial charge >= 0.3 is 0 Å². The predicted octanol–water partition coefficient (Wildman–Crippen LogP) is 3.97. The number of imidazole rings is 1. The number of ether oxygens (including phenoxy) is 1. The van der Waals surface area contributed by atoms with Crippen LogP contribution in [0.15, 0.2) is 41.6 Å². The molecule has 2 aromatic carbocycles. The molecule has 0 aliphatic heterocycles. The van der Waals surface area contributed by atoms with Crippen molar-refractivity contribution in [2.45, 2.75) is 12.1 Å². The molecule has 1 aromatic heterocycles. The van der Waals surface area contributed by atoms with E-state index in [1.165, 1.54) is 11.8 Å². The quantitative estimate of drug-likeness (QED) is 0.651. The number of amides is 1. The van der Waals surface area contributed by atoms with Crippen molar-refractivity contribution < 1.29 is 18.3 Å². The lowest BCUT2D eigenvalue weighted by Crippen LogP contribution is -2.15. The van der Waals surface area contributed by atoms with E-state index in [0.29, 0.717) is 11.8 Å². The molecule has 2 N–H and O–H groups in total. The number of anilines is 1. The van der Waals surface area contributed by atoms with E-state index >= 15 is 0 Å². The first kappa shape index (κ1) is 17.2. The maximum absolute atomic E-state index is 13.5. The molecule has 0 unspecified atom stereocenters. The minimum absolute atomic E-state index is 0.00803. The predicted molar refractivity (Wildman–Crippen MR) is 93.0 cm³/mol. The Morgan fingerprint density at radius 2 is 2.12 bits per heavy atom. The van der Waals surface area contributed by atoms with Crippen LogP contribution in [0.2, 0.25) is 0 Å². The molecule has 0 radical (unpaired) electrons. The first-order valence-corrected chi connectivity index (χ1v) is 8.54. The van der Waals surface area contributed by atoms with Gasteiger partial charge in [0, 0.05) is 12.1 Å². The van der Waals surface area contributed by atoms with Crippen molar-refractivity contribution in [3.05, 3.63) is 48.0 Å². The van der Waals surface area contributed by atoms with E-state index in [2.05, 4.69) is 15.3 Å². The molecule has 0 saturated carbocycles. The van der Waals surface area contributed by atoms with Crippen molar-refractivity contribution >= 4 is 34.4 Å². The third-order valence-electron chi connectivity index (χ3n) is 3.29. The lowest BCUT2D eigenvalue weighted by atomic mass is 10.3. The minimum Gasteiger partial charge on any atom is -0.494 e. The number of fused-ring (bicyclic) bond motifs is 1. The summed E-state index contributed by atoms with van der Waals surface area (Å²) in [5.74, 6) is -1.02. The summed E-state index contributed by atoms with van der Waals surface area (Å²) >= 11 is 1.17. The van der Waals surface area contributed by atoms with Crippen LogP contribution in [0.3, 0.4) is 0 Å². The molecule has 1 amide bonds. The van der Waals surface area contributed by atoms with Crippen LogP contribution in [-0.2, 0) is 4.79 Å². The standard InChI is InChI=1S/C17H15F2N3O2S/c1-2-24-11-4-6-13-15(8-11)22-17(21-13)25-9-16(23)20-14-7-10(18)3-5-12(14)19/h3-8H,2,9H2,1H3,(H,20,23)(H,21,22). The fourth-order valence-electron chi connectivity index (χ4n) is 2.20. The van der Waals surface area contributed by atoms with Gasteiger partial charge in [0.15, 0.2) is 5.16 Å². The average Bonchev–Trinajstić information content (AvgIpc) is 2.99. The molecule has 0 atom stereocenters. The number of H-pyrrole nitrogens is 1. The highest BCUT2D eigenvalue weighted by Gasteiger charge is 2.11. The van der Waals surface area contributed by atoms with Gasteiger partial charge in [-0.3, -0.25) is 4.79 Å². The molecule has 0 spiro atoms. The Balaban J connectivity index is 1.63. The summed E-state index contributed by atoms with van der Waals surface area (Å²) in [6.07, 6.45) is 0. The molecule has 3 rings (SSSR count). The Hall–Kier alpha value is -2.61. The number of aromatic nitrogens is 2. The van der Waals surface area contributed by atoms with E-state index in [9.17, 15) is 13.6 Å². The second kappa shape index (κ2) is 7.52. The van der Waals surface area contributed by atoms with E-state index in [1.807, 2.05) is 25.1 Å². The number of hydrogen-bond acceptors (Lipinski definition) is 4. The van der Waals surface area contributed by atoms with Gasteiger partial charge in [-0.25, -0.2) is 13.8 Å². The summed E-state index contributed by atoms with van der Waals surface area (Å²) in [4.78, 5) is 19.4. The Kier molecular flexibility index (Phi) is 5.18. The maximum atomic E-state index is 13.5. The summed E-state index contributed by atoms with van der Waals surface area (Å²) in [5.41, 5.74) is 1.36. The number of nitrogens with zero attached hydrogens (tertiary/aromatic N) is 1. The largest absolute Gasteiger partial charge is 0.494 e. The number of thioether (sulfide) groups is 1. The van der Waals surface area contributed by atoms with Gasteiger partial charge in [-0.05, 0) is 31.2 Å². The molecular formula is C17H15F2N3O2S. The molecule has 0 fully saturated rings. The van der Waals surface area contributed by atoms with Crippen LogP contribution in [-0.4, -0.2) is 28.2 Å². The van der Waals surface area contributed by atoms with Crippen molar-refractivity contribution in [1.29, 1.82) is 0 Å². The van der Waals surface area contributed by atoms with Gasteiger partial charge in [0.1, 0.15) is 17.4 Å². The van der Waals surface area contributed by atoms with Crippen molar-refractivity contribution in [3.63, 3.8) is 0 Å².